The van der Waals surface area contributed by atoms with Crippen molar-refractivity contribution in [2.24, 2.45) is 5.73 Å². The number of aryl methyl sites for hydroxylation is 1. The summed E-state index contributed by atoms with van der Waals surface area (Å²) in [6.45, 7) is 3.82. The van der Waals surface area contributed by atoms with Crippen LogP contribution >= 0.6 is 0 Å². The summed E-state index contributed by atoms with van der Waals surface area (Å²) in [7, 11) is 0. The van der Waals surface area contributed by atoms with Crippen LogP contribution in [0.1, 0.15) is 24.4 Å². The first-order valence-corrected chi connectivity index (χ1v) is 3.24. The van der Waals surface area contributed by atoms with Crippen LogP contribution in [0.4, 0.5) is 0 Å². The van der Waals surface area contributed by atoms with Gasteiger partial charge in [0.05, 0.1) is 6.04 Å². The van der Waals surface area contributed by atoms with E-state index in [1.165, 1.54) is 0 Å². The van der Waals surface area contributed by atoms with Crippen molar-refractivity contribution in [1.29, 1.82) is 0 Å². The molecule has 0 saturated heterocycles. The van der Waals surface area contributed by atoms with Crippen molar-refractivity contribution in [2.45, 2.75) is 19.9 Å². The van der Waals surface area contributed by atoms with E-state index in [1.807, 2.05) is 13.8 Å². The largest absolute Gasteiger partial charge is 0.322 e. The Balaban J connectivity index is 2.89. The van der Waals surface area contributed by atoms with Crippen molar-refractivity contribution >= 4 is 0 Å². The molecule has 1 aromatic heterocycles. The van der Waals surface area contributed by atoms with E-state index in [2.05, 4.69) is 9.97 Å². The summed E-state index contributed by atoms with van der Waals surface area (Å²) in [6, 6.07) is -0.0689. The highest BCUT2D eigenvalue weighted by atomic mass is 14.9. The Bertz CT molecular complexity index is 203. The van der Waals surface area contributed by atoms with Crippen LogP contribution in [0.25, 0.3) is 0 Å². The first-order valence-electron chi connectivity index (χ1n) is 3.24. The van der Waals surface area contributed by atoms with E-state index in [-0.39, 0.29) is 6.04 Å². The zero-order chi connectivity index (χ0) is 7.56. The maximum atomic E-state index is 5.54. The number of rotatable bonds is 1. The molecule has 0 radical (unpaired) electrons. The first-order chi connectivity index (χ1) is 4.70. The van der Waals surface area contributed by atoms with Gasteiger partial charge in [0.15, 0.2) is 0 Å². The van der Waals surface area contributed by atoms with Gasteiger partial charge in [-0.25, -0.2) is 9.97 Å². The molecule has 3 heteroatoms. The van der Waals surface area contributed by atoms with Crippen LogP contribution in [0.3, 0.4) is 0 Å². The summed E-state index contributed by atoms with van der Waals surface area (Å²) in [5.74, 6) is 0.700. The average Bonchev–Trinajstić information content (AvgIpc) is 1.88. The van der Waals surface area contributed by atoms with E-state index in [4.69, 9.17) is 5.73 Å². The molecule has 0 bridgehead atoms. The van der Waals surface area contributed by atoms with Gasteiger partial charge in [0, 0.05) is 12.4 Å². The van der Waals surface area contributed by atoms with Gasteiger partial charge >= 0.3 is 0 Å². The molecule has 0 fully saturated rings. The summed E-state index contributed by atoms with van der Waals surface area (Å²) in [6.07, 6.45) is 3.54. The fourth-order valence-electron chi connectivity index (χ4n) is 0.638. The lowest BCUT2D eigenvalue weighted by molar-refractivity contribution is 0.736. The number of hydrogen-bond acceptors (Lipinski definition) is 3. The van der Waals surface area contributed by atoms with Crippen LogP contribution in [0.15, 0.2) is 12.4 Å². The smallest absolute Gasteiger partial charge is 0.144 e. The Hall–Kier alpha value is -0.960. The van der Waals surface area contributed by atoms with Gasteiger partial charge in [-0.05, 0) is 19.4 Å². The molecule has 0 spiro atoms. The summed E-state index contributed by atoms with van der Waals surface area (Å²) in [5, 5.41) is 0. The molecule has 3 nitrogen and oxygen atoms in total. The molecule has 1 rings (SSSR count). The topological polar surface area (TPSA) is 51.8 Å². The van der Waals surface area contributed by atoms with Crippen molar-refractivity contribution in [3.8, 4) is 0 Å². The van der Waals surface area contributed by atoms with Crippen molar-refractivity contribution in [3.05, 3.63) is 23.8 Å². The van der Waals surface area contributed by atoms with E-state index in [0.29, 0.717) is 5.82 Å². The average molecular weight is 137 g/mol. The lowest BCUT2D eigenvalue weighted by Gasteiger charge is -2.01. The first kappa shape index (κ1) is 7.15. The van der Waals surface area contributed by atoms with E-state index in [9.17, 15) is 0 Å². The highest BCUT2D eigenvalue weighted by molar-refractivity contribution is 5.03. The minimum absolute atomic E-state index is 0.0689. The molecule has 0 aromatic carbocycles. The van der Waals surface area contributed by atoms with Gasteiger partial charge in [0.2, 0.25) is 0 Å². The van der Waals surface area contributed by atoms with E-state index >= 15 is 0 Å². The summed E-state index contributed by atoms with van der Waals surface area (Å²) >= 11 is 0. The molecule has 1 aromatic rings. The van der Waals surface area contributed by atoms with Crippen LogP contribution in [0, 0.1) is 6.92 Å². The van der Waals surface area contributed by atoms with Crippen LogP contribution in [0.2, 0.25) is 0 Å². The van der Waals surface area contributed by atoms with Crippen molar-refractivity contribution < 1.29 is 0 Å². The standard InChI is InChI=1S/C7H11N3/c1-5-3-9-7(6(2)8)10-4-5/h3-4,6H,8H2,1-2H3. The quantitative estimate of drug-likeness (QED) is 0.623. The maximum absolute atomic E-state index is 5.54. The second-order valence-corrected chi connectivity index (χ2v) is 2.41. The third kappa shape index (κ3) is 1.51. The minimum Gasteiger partial charge on any atom is -0.322 e. The third-order valence-corrected chi connectivity index (χ3v) is 1.21. The minimum atomic E-state index is -0.0689. The van der Waals surface area contributed by atoms with Crippen molar-refractivity contribution in [3.63, 3.8) is 0 Å². The van der Waals surface area contributed by atoms with Crippen LogP contribution in [-0.2, 0) is 0 Å². The Labute approximate surface area is 60.3 Å². The Morgan fingerprint density at radius 2 is 1.90 bits per heavy atom. The zero-order valence-electron chi connectivity index (χ0n) is 6.20. The second kappa shape index (κ2) is 2.75. The van der Waals surface area contributed by atoms with E-state index < -0.39 is 0 Å². The number of nitrogens with zero attached hydrogens (tertiary/aromatic N) is 2. The highest BCUT2D eigenvalue weighted by Gasteiger charge is 1.99. The van der Waals surface area contributed by atoms with Gasteiger partial charge in [0.25, 0.3) is 0 Å². The van der Waals surface area contributed by atoms with Gasteiger partial charge in [-0.15, -0.1) is 0 Å². The molecule has 1 atom stereocenters. The van der Waals surface area contributed by atoms with E-state index in [0.717, 1.165) is 5.56 Å². The number of aromatic nitrogens is 2. The Morgan fingerprint density at radius 3 is 2.30 bits per heavy atom. The third-order valence-electron chi connectivity index (χ3n) is 1.21. The molecule has 0 aliphatic heterocycles. The van der Waals surface area contributed by atoms with Crippen LogP contribution < -0.4 is 5.73 Å². The lowest BCUT2D eigenvalue weighted by Crippen LogP contribution is -2.09. The van der Waals surface area contributed by atoms with Gasteiger partial charge in [0.1, 0.15) is 5.82 Å². The molecule has 0 amide bonds. The molecule has 0 saturated carbocycles. The summed E-state index contributed by atoms with van der Waals surface area (Å²) in [5.41, 5.74) is 6.60. The highest BCUT2D eigenvalue weighted by Crippen LogP contribution is 2.00. The fraction of sp³-hybridized carbons (Fsp3) is 0.429. The fourth-order valence-corrected chi connectivity index (χ4v) is 0.638. The maximum Gasteiger partial charge on any atom is 0.144 e. The molecule has 54 valence electrons. The second-order valence-electron chi connectivity index (χ2n) is 2.41. The van der Waals surface area contributed by atoms with Gasteiger partial charge < -0.3 is 5.73 Å². The lowest BCUT2D eigenvalue weighted by atomic mass is 10.3. The van der Waals surface area contributed by atoms with Crippen molar-refractivity contribution in [1.82, 2.24) is 9.97 Å². The predicted molar refractivity (Wildman–Crippen MR) is 39.4 cm³/mol. The molecule has 0 aliphatic rings. The molecular formula is C7H11N3. The number of hydrogen-bond donors (Lipinski definition) is 1. The molecular weight excluding hydrogens is 126 g/mol. The van der Waals surface area contributed by atoms with Gasteiger partial charge in [-0.1, -0.05) is 0 Å². The predicted octanol–water partition coefficient (Wildman–Crippen LogP) is 0.805. The molecule has 1 unspecified atom stereocenters. The SMILES string of the molecule is Cc1cnc(C(C)N)nc1. The summed E-state index contributed by atoms with van der Waals surface area (Å²) < 4.78 is 0. The monoisotopic (exact) mass is 137 g/mol. The van der Waals surface area contributed by atoms with Crippen LogP contribution in [0.5, 0.6) is 0 Å². The molecule has 2 N–H and O–H groups in total. The Morgan fingerprint density at radius 1 is 1.40 bits per heavy atom. The molecule has 0 aliphatic carbocycles. The normalized spacial score (nSPS) is 13.1. The van der Waals surface area contributed by atoms with Gasteiger partial charge in [-0.2, -0.15) is 0 Å². The zero-order valence-corrected chi connectivity index (χ0v) is 6.20. The summed E-state index contributed by atoms with van der Waals surface area (Å²) in [4.78, 5) is 8.08. The van der Waals surface area contributed by atoms with Crippen molar-refractivity contribution in [2.75, 3.05) is 0 Å². The van der Waals surface area contributed by atoms with Gasteiger partial charge in [-0.3, -0.25) is 0 Å². The van der Waals surface area contributed by atoms with Crippen LogP contribution in [-0.4, -0.2) is 9.97 Å². The molecule has 1 heterocycles. The van der Waals surface area contributed by atoms with E-state index in [1.54, 1.807) is 12.4 Å². The molecule has 10 heavy (non-hydrogen) atoms. The Kier molecular flexibility index (Phi) is 1.97. The number of nitrogens with two attached hydrogens (primary N) is 1.